The minimum Gasteiger partial charge on any atom is -0.370 e. The Morgan fingerprint density at radius 1 is 1.33 bits per heavy atom. The van der Waals surface area contributed by atoms with Gasteiger partial charge in [-0.1, -0.05) is 50.4 Å². The van der Waals surface area contributed by atoms with E-state index in [1.54, 1.807) is 0 Å². The summed E-state index contributed by atoms with van der Waals surface area (Å²) in [5, 5.41) is 4.38. The van der Waals surface area contributed by atoms with Gasteiger partial charge in [0, 0.05) is 19.6 Å². The number of nitrogens with one attached hydrogen (secondary N) is 1. The van der Waals surface area contributed by atoms with Gasteiger partial charge in [-0.15, -0.1) is 0 Å². The largest absolute Gasteiger partial charge is 0.370 e. The molecule has 2 atom stereocenters. The van der Waals surface area contributed by atoms with Crippen LogP contribution in [0.25, 0.3) is 0 Å². The van der Waals surface area contributed by atoms with Crippen LogP contribution in [0.1, 0.15) is 51.5 Å². The summed E-state index contributed by atoms with van der Waals surface area (Å²) in [6.45, 7) is 6.52. The normalized spacial score (nSPS) is 22.3. The Morgan fingerprint density at radius 3 is 2.86 bits per heavy atom. The number of para-hydroxylation sites is 1. The van der Waals surface area contributed by atoms with Crippen molar-refractivity contribution in [1.82, 2.24) is 5.32 Å². The van der Waals surface area contributed by atoms with Crippen LogP contribution in [0.3, 0.4) is 0 Å². The Hall–Kier alpha value is -0.730. The van der Waals surface area contributed by atoms with E-state index in [2.05, 4.69) is 43.2 Å². The zero-order valence-electron chi connectivity index (χ0n) is 13.7. The first kappa shape index (κ1) is 16.6. The predicted molar refractivity (Wildman–Crippen MR) is 93.3 cm³/mol. The molecule has 21 heavy (non-hydrogen) atoms. The maximum atomic E-state index is 6.52. The van der Waals surface area contributed by atoms with Crippen molar-refractivity contribution in [2.24, 2.45) is 5.92 Å². The first-order chi connectivity index (χ1) is 10.1. The molecule has 1 aromatic rings. The second-order valence-electron chi connectivity index (χ2n) is 6.46. The Labute approximate surface area is 134 Å². The molecular formula is C18H29ClN2. The topological polar surface area (TPSA) is 15.3 Å². The van der Waals surface area contributed by atoms with Crippen LogP contribution >= 0.6 is 11.6 Å². The molecule has 1 fully saturated rings. The summed E-state index contributed by atoms with van der Waals surface area (Å²) in [4.78, 5) is 2.43. The van der Waals surface area contributed by atoms with Gasteiger partial charge in [0.1, 0.15) is 0 Å². The number of halogens is 1. The molecule has 1 aliphatic carbocycles. The van der Waals surface area contributed by atoms with Crippen LogP contribution in [0.2, 0.25) is 5.02 Å². The van der Waals surface area contributed by atoms with Gasteiger partial charge < -0.3 is 10.2 Å². The molecule has 0 spiro atoms. The van der Waals surface area contributed by atoms with Crippen molar-refractivity contribution >= 4 is 17.3 Å². The molecule has 0 heterocycles. The van der Waals surface area contributed by atoms with Crippen LogP contribution in [0, 0.1) is 5.92 Å². The molecule has 0 bridgehead atoms. The van der Waals surface area contributed by atoms with E-state index in [0.29, 0.717) is 6.04 Å². The molecule has 1 N–H and O–H groups in total. The third kappa shape index (κ3) is 4.37. The second kappa shape index (κ2) is 8.05. The third-order valence-electron chi connectivity index (χ3n) is 4.62. The van der Waals surface area contributed by atoms with Crippen LogP contribution in [-0.4, -0.2) is 19.6 Å². The summed E-state index contributed by atoms with van der Waals surface area (Å²) in [6, 6.07) is 6.90. The van der Waals surface area contributed by atoms with E-state index >= 15 is 0 Å². The number of rotatable bonds is 6. The molecule has 1 aliphatic rings. The van der Waals surface area contributed by atoms with Crippen LogP contribution in [0.15, 0.2) is 18.2 Å². The number of hydrogen-bond acceptors (Lipinski definition) is 2. The highest BCUT2D eigenvalue weighted by molar-refractivity contribution is 6.33. The first-order valence-corrected chi connectivity index (χ1v) is 8.72. The van der Waals surface area contributed by atoms with Gasteiger partial charge in [-0.25, -0.2) is 0 Å². The second-order valence-corrected chi connectivity index (χ2v) is 6.87. The zero-order chi connectivity index (χ0) is 15.2. The van der Waals surface area contributed by atoms with E-state index in [-0.39, 0.29) is 0 Å². The lowest BCUT2D eigenvalue weighted by molar-refractivity contribution is 0.336. The molecule has 1 saturated carbocycles. The number of benzene rings is 1. The van der Waals surface area contributed by atoms with Crippen molar-refractivity contribution in [2.75, 3.05) is 18.5 Å². The lowest BCUT2D eigenvalue weighted by atomic mass is 9.86. The van der Waals surface area contributed by atoms with Crippen molar-refractivity contribution in [3.63, 3.8) is 0 Å². The molecule has 0 radical (unpaired) electrons. The van der Waals surface area contributed by atoms with Crippen LogP contribution < -0.4 is 10.2 Å². The van der Waals surface area contributed by atoms with Crippen molar-refractivity contribution in [3.8, 4) is 0 Å². The fraction of sp³-hybridized carbons (Fsp3) is 0.667. The highest BCUT2D eigenvalue weighted by Crippen LogP contribution is 2.35. The molecule has 118 valence electrons. The summed E-state index contributed by atoms with van der Waals surface area (Å²) in [7, 11) is 2.22. The Balaban J connectivity index is 2.16. The van der Waals surface area contributed by atoms with Gasteiger partial charge in [0.2, 0.25) is 0 Å². The summed E-state index contributed by atoms with van der Waals surface area (Å²) < 4.78 is 0. The lowest BCUT2D eigenvalue weighted by Gasteiger charge is -2.37. The minimum atomic E-state index is 0.624. The van der Waals surface area contributed by atoms with Gasteiger partial charge in [-0.05, 0) is 43.4 Å². The summed E-state index contributed by atoms with van der Waals surface area (Å²) >= 11 is 6.52. The molecular weight excluding hydrogens is 280 g/mol. The van der Waals surface area contributed by atoms with Crippen molar-refractivity contribution < 1.29 is 0 Å². The molecule has 0 aromatic heterocycles. The number of nitrogens with zero attached hydrogens (tertiary/aromatic N) is 1. The molecule has 1 aromatic carbocycles. The maximum Gasteiger partial charge on any atom is 0.0642 e. The number of hydrogen-bond donors (Lipinski definition) is 1. The van der Waals surface area contributed by atoms with Crippen LogP contribution in [-0.2, 0) is 6.54 Å². The Morgan fingerprint density at radius 2 is 2.14 bits per heavy atom. The highest BCUT2D eigenvalue weighted by Gasteiger charge is 2.25. The molecule has 3 heteroatoms. The van der Waals surface area contributed by atoms with Gasteiger partial charge in [0.25, 0.3) is 0 Å². The van der Waals surface area contributed by atoms with E-state index in [1.807, 2.05) is 6.07 Å². The van der Waals surface area contributed by atoms with Gasteiger partial charge in [-0.3, -0.25) is 0 Å². The van der Waals surface area contributed by atoms with Crippen molar-refractivity contribution in [1.29, 1.82) is 0 Å². The predicted octanol–water partition coefficient (Wildman–Crippen LogP) is 4.85. The third-order valence-corrected chi connectivity index (χ3v) is 4.93. The fourth-order valence-electron chi connectivity index (χ4n) is 3.43. The maximum absolute atomic E-state index is 6.52. The molecule has 0 saturated heterocycles. The smallest absolute Gasteiger partial charge is 0.0642 e. The summed E-state index contributed by atoms with van der Waals surface area (Å²) in [6.07, 6.45) is 6.44. The molecule has 2 rings (SSSR count). The molecule has 0 aliphatic heterocycles. The van der Waals surface area contributed by atoms with E-state index in [1.165, 1.54) is 36.9 Å². The van der Waals surface area contributed by atoms with Crippen molar-refractivity contribution in [3.05, 3.63) is 28.8 Å². The molecule has 0 amide bonds. The molecule has 2 unspecified atom stereocenters. The van der Waals surface area contributed by atoms with E-state index < -0.39 is 0 Å². The quantitative estimate of drug-likeness (QED) is 0.755. The average molecular weight is 309 g/mol. The summed E-state index contributed by atoms with van der Waals surface area (Å²) in [5.74, 6) is 0.829. The first-order valence-electron chi connectivity index (χ1n) is 8.34. The van der Waals surface area contributed by atoms with E-state index in [0.717, 1.165) is 30.5 Å². The van der Waals surface area contributed by atoms with Gasteiger partial charge in [0.05, 0.1) is 10.7 Å². The summed E-state index contributed by atoms with van der Waals surface area (Å²) in [5.41, 5.74) is 2.54. The van der Waals surface area contributed by atoms with E-state index in [4.69, 9.17) is 11.6 Å². The van der Waals surface area contributed by atoms with Crippen LogP contribution in [0.5, 0.6) is 0 Å². The van der Waals surface area contributed by atoms with Crippen molar-refractivity contribution in [2.45, 2.75) is 58.5 Å². The van der Waals surface area contributed by atoms with Gasteiger partial charge in [-0.2, -0.15) is 0 Å². The highest BCUT2D eigenvalue weighted by atomic mass is 35.5. The van der Waals surface area contributed by atoms with E-state index in [9.17, 15) is 0 Å². The lowest BCUT2D eigenvalue weighted by Crippen LogP contribution is -2.36. The average Bonchev–Trinajstić information content (AvgIpc) is 2.47. The monoisotopic (exact) mass is 308 g/mol. The Bertz CT molecular complexity index is 447. The SMILES string of the molecule is CCCNCc1cccc(Cl)c1N(C)C1CCCC(C)C1. The van der Waals surface area contributed by atoms with Gasteiger partial charge in [0.15, 0.2) is 0 Å². The van der Waals surface area contributed by atoms with Crippen LogP contribution in [0.4, 0.5) is 5.69 Å². The Kier molecular flexibility index (Phi) is 6.38. The number of anilines is 1. The standard InChI is InChI=1S/C18H29ClN2/c1-4-11-20-13-15-8-6-10-17(19)18(15)21(3)16-9-5-7-14(2)12-16/h6,8,10,14,16,20H,4-5,7,9,11-13H2,1-3H3. The zero-order valence-corrected chi connectivity index (χ0v) is 14.4. The minimum absolute atomic E-state index is 0.624. The molecule has 2 nitrogen and oxygen atoms in total. The van der Waals surface area contributed by atoms with Gasteiger partial charge >= 0.3 is 0 Å². The fourth-order valence-corrected chi connectivity index (χ4v) is 3.76.